The van der Waals surface area contributed by atoms with Crippen molar-refractivity contribution in [3.63, 3.8) is 0 Å². The molecule has 1 aliphatic heterocycles. The van der Waals surface area contributed by atoms with Crippen molar-refractivity contribution in [1.82, 2.24) is 15.5 Å². The molecular weight excluding hydrogens is 378 g/mol. The van der Waals surface area contributed by atoms with Crippen molar-refractivity contribution in [3.05, 3.63) is 35.4 Å². The quantitative estimate of drug-likeness (QED) is 0.609. The number of carbonyl (C=O) groups excluding carboxylic acids is 2. The second-order valence-electron chi connectivity index (χ2n) is 8.83. The molecule has 1 fully saturated rings. The molecule has 0 spiro atoms. The molecule has 0 bridgehead atoms. The van der Waals surface area contributed by atoms with Crippen LogP contribution in [-0.4, -0.2) is 55.6 Å². The highest BCUT2D eigenvalue weighted by molar-refractivity contribution is 5.79. The first-order valence-electron chi connectivity index (χ1n) is 11.5. The SMILES string of the molecule is CC(C)OCCCNC(=O)C1CCN(CC(=O)NC2CCCc3ccccc32)CC1. The van der Waals surface area contributed by atoms with Crippen LogP contribution in [0, 0.1) is 5.92 Å². The third-order valence-corrected chi connectivity index (χ3v) is 6.10. The minimum absolute atomic E-state index is 0.0561. The molecule has 3 rings (SSSR count). The molecule has 30 heavy (non-hydrogen) atoms. The van der Waals surface area contributed by atoms with Crippen LogP contribution in [-0.2, 0) is 20.7 Å². The Balaban J connectivity index is 1.35. The number of fused-ring (bicyclic) bond motifs is 1. The summed E-state index contributed by atoms with van der Waals surface area (Å²) >= 11 is 0. The van der Waals surface area contributed by atoms with Crippen LogP contribution in [0.2, 0.25) is 0 Å². The summed E-state index contributed by atoms with van der Waals surface area (Å²) in [5.74, 6) is 0.285. The largest absolute Gasteiger partial charge is 0.379 e. The highest BCUT2D eigenvalue weighted by atomic mass is 16.5. The topological polar surface area (TPSA) is 70.7 Å². The molecule has 1 aliphatic carbocycles. The van der Waals surface area contributed by atoms with E-state index < -0.39 is 0 Å². The van der Waals surface area contributed by atoms with Crippen LogP contribution in [0.1, 0.15) is 63.1 Å². The number of rotatable bonds is 9. The summed E-state index contributed by atoms with van der Waals surface area (Å²) in [5, 5.41) is 6.26. The van der Waals surface area contributed by atoms with Gasteiger partial charge in [-0.05, 0) is 76.6 Å². The summed E-state index contributed by atoms with van der Waals surface area (Å²) in [6, 6.07) is 8.56. The maximum Gasteiger partial charge on any atom is 0.234 e. The van der Waals surface area contributed by atoms with Gasteiger partial charge in [-0.1, -0.05) is 24.3 Å². The van der Waals surface area contributed by atoms with E-state index in [1.54, 1.807) is 0 Å². The maximum atomic E-state index is 12.6. The van der Waals surface area contributed by atoms with Crippen LogP contribution in [0.4, 0.5) is 0 Å². The van der Waals surface area contributed by atoms with Crippen molar-refractivity contribution >= 4 is 11.8 Å². The van der Waals surface area contributed by atoms with Gasteiger partial charge in [0.2, 0.25) is 11.8 Å². The van der Waals surface area contributed by atoms with Crippen molar-refractivity contribution in [3.8, 4) is 0 Å². The molecule has 2 N–H and O–H groups in total. The predicted octanol–water partition coefficient (Wildman–Crippen LogP) is 2.82. The molecule has 1 aromatic carbocycles. The molecule has 0 aromatic heterocycles. The number of piperidine rings is 1. The molecule has 1 unspecified atom stereocenters. The molecular formula is C24H37N3O3. The normalized spacial score (nSPS) is 20.0. The van der Waals surface area contributed by atoms with E-state index in [0.29, 0.717) is 19.7 Å². The fourth-order valence-electron chi connectivity index (χ4n) is 4.45. The summed E-state index contributed by atoms with van der Waals surface area (Å²) in [4.78, 5) is 27.1. The molecule has 0 saturated carbocycles. The number of amides is 2. The molecule has 6 nitrogen and oxygen atoms in total. The number of nitrogens with one attached hydrogen (secondary N) is 2. The minimum atomic E-state index is 0.0561. The zero-order chi connectivity index (χ0) is 21.3. The van der Waals surface area contributed by atoms with E-state index in [-0.39, 0.29) is 29.9 Å². The van der Waals surface area contributed by atoms with Crippen LogP contribution in [0.5, 0.6) is 0 Å². The number of likely N-dealkylation sites (tertiary alicyclic amines) is 1. The van der Waals surface area contributed by atoms with Gasteiger partial charge in [0.05, 0.1) is 18.7 Å². The van der Waals surface area contributed by atoms with Gasteiger partial charge in [-0.2, -0.15) is 0 Å². The van der Waals surface area contributed by atoms with Gasteiger partial charge in [0.25, 0.3) is 0 Å². The molecule has 1 atom stereocenters. The molecule has 0 radical (unpaired) electrons. The molecule has 2 amide bonds. The highest BCUT2D eigenvalue weighted by Gasteiger charge is 2.27. The lowest BCUT2D eigenvalue weighted by Crippen LogP contribution is -2.45. The second-order valence-corrected chi connectivity index (χ2v) is 8.83. The van der Waals surface area contributed by atoms with Crippen molar-refractivity contribution in [2.45, 2.75) is 64.5 Å². The van der Waals surface area contributed by atoms with Crippen molar-refractivity contribution < 1.29 is 14.3 Å². The molecule has 1 saturated heterocycles. The van der Waals surface area contributed by atoms with Gasteiger partial charge in [-0.15, -0.1) is 0 Å². The Morgan fingerprint density at radius 2 is 1.93 bits per heavy atom. The monoisotopic (exact) mass is 415 g/mol. The highest BCUT2D eigenvalue weighted by Crippen LogP contribution is 2.29. The molecule has 2 aliphatic rings. The lowest BCUT2D eigenvalue weighted by molar-refractivity contribution is -0.127. The number of ether oxygens (including phenoxy) is 1. The number of hydrogen-bond acceptors (Lipinski definition) is 4. The zero-order valence-electron chi connectivity index (χ0n) is 18.5. The summed E-state index contributed by atoms with van der Waals surface area (Å²) in [5.41, 5.74) is 2.63. The van der Waals surface area contributed by atoms with Crippen LogP contribution in [0.25, 0.3) is 0 Å². The van der Waals surface area contributed by atoms with Gasteiger partial charge in [-0.25, -0.2) is 0 Å². The Morgan fingerprint density at radius 3 is 2.70 bits per heavy atom. The van der Waals surface area contributed by atoms with Gasteiger partial charge in [0.15, 0.2) is 0 Å². The standard InChI is InChI=1S/C24H37N3O3/c1-18(2)30-16-6-13-25-24(29)20-11-14-27(15-12-20)17-23(28)26-22-10-5-8-19-7-3-4-9-21(19)22/h3-4,7,9,18,20,22H,5-6,8,10-17H2,1-2H3,(H,25,29)(H,26,28). The van der Waals surface area contributed by atoms with Gasteiger partial charge in [-0.3, -0.25) is 14.5 Å². The van der Waals surface area contributed by atoms with Gasteiger partial charge in [0.1, 0.15) is 0 Å². The second kappa shape index (κ2) is 11.5. The Hall–Kier alpha value is -1.92. The summed E-state index contributed by atoms with van der Waals surface area (Å²) in [7, 11) is 0. The van der Waals surface area contributed by atoms with Crippen molar-refractivity contribution in [2.24, 2.45) is 5.92 Å². The fraction of sp³-hybridized carbons (Fsp3) is 0.667. The average Bonchev–Trinajstić information content (AvgIpc) is 2.74. The smallest absolute Gasteiger partial charge is 0.234 e. The zero-order valence-corrected chi connectivity index (χ0v) is 18.5. The first-order valence-corrected chi connectivity index (χ1v) is 11.5. The number of hydrogen-bond donors (Lipinski definition) is 2. The van der Waals surface area contributed by atoms with E-state index in [0.717, 1.165) is 51.6 Å². The first-order chi connectivity index (χ1) is 14.5. The number of carbonyl (C=O) groups is 2. The predicted molar refractivity (Wildman–Crippen MR) is 118 cm³/mol. The van der Waals surface area contributed by atoms with Crippen LogP contribution in [0.15, 0.2) is 24.3 Å². The van der Waals surface area contributed by atoms with E-state index in [2.05, 4.69) is 39.8 Å². The number of nitrogens with zero attached hydrogens (tertiary/aromatic N) is 1. The minimum Gasteiger partial charge on any atom is -0.379 e. The van der Waals surface area contributed by atoms with Gasteiger partial charge >= 0.3 is 0 Å². The van der Waals surface area contributed by atoms with Gasteiger partial charge in [0, 0.05) is 19.1 Å². The molecule has 1 heterocycles. The lowest BCUT2D eigenvalue weighted by atomic mass is 9.88. The van der Waals surface area contributed by atoms with Crippen molar-refractivity contribution in [1.29, 1.82) is 0 Å². The van der Waals surface area contributed by atoms with E-state index in [4.69, 9.17) is 4.74 Å². The number of aryl methyl sites for hydroxylation is 1. The lowest BCUT2D eigenvalue weighted by Gasteiger charge is -2.32. The Morgan fingerprint density at radius 1 is 1.17 bits per heavy atom. The third kappa shape index (κ3) is 6.81. The maximum absolute atomic E-state index is 12.6. The van der Waals surface area contributed by atoms with Crippen LogP contribution >= 0.6 is 0 Å². The van der Waals surface area contributed by atoms with Crippen LogP contribution in [0.3, 0.4) is 0 Å². The summed E-state index contributed by atoms with van der Waals surface area (Å²) < 4.78 is 5.50. The first kappa shape index (κ1) is 22.8. The van der Waals surface area contributed by atoms with Crippen molar-refractivity contribution in [2.75, 3.05) is 32.8 Å². The third-order valence-electron chi connectivity index (χ3n) is 6.10. The molecule has 1 aromatic rings. The Bertz CT molecular complexity index is 699. The number of benzene rings is 1. The Labute approximate surface area is 180 Å². The fourth-order valence-corrected chi connectivity index (χ4v) is 4.45. The Kier molecular flexibility index (Phi) is 8.70. The molecule has 6 heteroatoms. The van der Waals surface area contributed by atoms with Crippen LogP contribution < -0.4 is 10.6 Å². The van der Waals surface area contributed by atoms with E-state index in [9.17, 15) is 9.59 Å². The van der Waals surface area contributed by atoms with E-state index in [1.807, 2.05) is 13.8 Å². The van der Waals surface area contributed by atoms with E-state index >= 15 is 0 Å². The van der Waals surface area contributed by atoms with E-state index in [1.165, 1.54) is 11.1 Å². The summed E-state index contributed by atoms with van der Waals surface area (Å²) in [6.45, 7) is 7.38. The average molecular weight is 416 g/mol. The molecule has 166 valence electrons. The summed E-state index contributed by atoms with van der Waals surface area (Å²) in [6.07, 6.45) is 5.92. The van der Waals surface area contributed by atoms with Gasteiger partial charge < -0.3 is 15.4 Å².